The summed E-state index contributed by atoms with van der Waals surface area (Å²) < 4.78 is 24.6. The zero-order valence-electron chi connectivity index (χ0n) is 11.3. The van der Waals surface area contributed by atoms with Gasteiger partial charge in [0.1, 0.15) is 6.54 Å². The Labute approximate surface area is 127 Å². The molecule has 2 heterocycles. The molecule has 1 N–H and O–H groups in total. The third-order valence-electron chi connectivity index (χ3n) is 3.65. The van der Waals surface area contributed by atoms with E-state index in [2.05, 4.69) is 5.32 Å². The molecule has 1 aliphatic heterocycles. The number of rotatable bonds is 3. The Bertz CT molecular complexity index is 798. The van der Waals surface area contributed by atoms with Crippen LogP contribution >= 0.6 is 11.6 Å². The van der Waals surface area contributed by atoms with Crippen LogP contribution < -0.4 is 5.32 Å². The highest BCUT2D eigenvalue weighted by atomic mass is 35.5. The van der Waals surface area contributed by atoms with Crippen LogP contribution in [-0.4, -0.2) is 36.4 Å². The summed E-state index contributed by atoms with van der Waals surface area (Å²) >= 11 is 5.97. The Kier molecular flexibility index (Phi) is 3.67. The number of carbonyl (C=O) groups excluding carboxylic acids is 1. The zero-order chi connectivity index (χ0) is 15.0. The maximum atomic E-state index is 12.0. The van der Waals surface area contributed by atoms with Crippen molar-refractivity contribution in [2.75, 3.05) is 11.5 Å². The Balaban J connectivity index is 1.70. The van der Waals surface area contributed by atoms with E-state index in [9.17, 15) is 13.2 Å². The second-order valence-corrected chi connectivity index (χ2v) is 7.98. The van der Waals surface area contributed by atoms with Crippen molar-refractivity contribution in [3.63, 3.8) is 0 Å². The van der Waals surface area contributed by atoms with Crippen LogP contribution in [0.15, 0.2) is 30.5 Å². The van der Waals surface area contributed by atoms with Crippen LogP contribution in [0.1, 0.15) is 6.42 Å². The van der Waals surface area contributed by atoms with Crippen molar-refractivity contribution in [3.8, 4) is 0 Å². The summed E-state index contributed by atoms with van der Waals surface area (Å²) in [5, 5.41) is 4.41. The van der Waals surface area contributed by atoms with E-state index in [1.807, 2.05) is 24.4 Å². The highest BCUT2D eigenvalue weighted by Crippen LogP contribution is 2.20. The van der Waals surface area contributed by atoms with E-state index in [0.29, 0.717) is 11.4 Å². The second-order valence-electron chi connectivity index (χ2n) is 5.31. The van der Waals surface area contributed by atoms with Gasteiger partial charge in [-0.25, -0.2) is 8.42 Å². The molecule has 5 nitrogen and oxygen atoms in total. The van der Waals surface area contributed by atoms with Crippen molar-refractivity contribution >= 4 is 38.2 Å². The molecule has 7 heteroatoms. The van der Waals surface area contributed by atoms with Gasteiger partial charge in [0.15, 0.2) is 9.84 Å². The highest BCUT2D eigenvalue weighted by Gasteiger charge is 2.28. The summed E-state index contributed by atoms with van der Waals surface area (Å²) in [6.45, 7) is 0.153. The Hall–Kier alpha value is -1.53. The molecule has 1 amide bonds. The van der Waals surface area contributed by atoms with Crippen LogP contribution in [0.5, 0.6) is 0 Å². The predicted octanol–water partition coefficient (Wildman–Crippen LogP) is 1.60. The monoisotopic (exact) mass is 326 g/mol. The number of hydrogen-bond acceptors (Lipinski definition) is 3. The average molecular weight is 327 g/mol. The number of fused-ring (bicyclic) bond motifs is 1. The van der Waals surface area contributed by atoms with Gasteiger partial charge in [0.05, 0.1) is 11.5 Å². The van der Waals surface area contributed by atoms with Crippen molar-refractivity contribution in [1.29, 1.82) is 0 Å². The van der Waals surface area contributed by atoms with Gasteiger partial charge >= 0.3 is 0 Å². The van der Waals surface area contributed by atoms with Crippen molar-refractivity contribution in [2.45, 2.75) is 19.0 Å². The largest absolute Gasteiger partial charge is 0.351 e. The lowest BCUT2D eigenvalue weighted by molar-refractivity contribution is -0.122. The molecular weight excluding hydrogens is 312 g/mol. The van der Waals surface area contributed by atoms with E-state index in [1.165, 1.54) is 0 Å². The summed E-state index contributed by atoms with van der Waals surface area (Å²) in [4.78, 5) is 12.0. The summed E-state index contributed by atoms with van der Waals surface area (Å²) in [5.41, 5.74) is 0.886. The maximum Gasteiger partial charge on any atom is 0.240 e. The van der Waals surface area contributed by atoms with E-state index in [0.717, 1.165) is 10.9 Å². The number of hydrogen-bond donors (Lipinski definition) is 1. The Morgan fingerprint density at radius 2 is 2.19 bits per heavy atom. The molecule has 0 radical (unpaired) electrons. The standard InChI is InChI=1S/C14H15ClN2O3S/c15-11-2-1-10-3-5-17(13(10)7-11)8-14(18)16-12-4-6-21(19,20)9-12/h1-3,5,7,12H,4,6,8-9H2,(H,16,18)/t12-/m0/s1. The van der Waals surface area contributed by atoms with E-state index >= 15 is 0 Å². The number of halogens is 1. The average Bonchev–Trinajstić information content (AvgIpc) is 2.93. The van der Waals surface area contributed by atoms with Crippen molar-refractivity contribution in [3.05, 3.63) is 35.5 Å². The first-order valence-corrected chi connectivity index (χ1v) is 8.87. The second kappa shape index (κ2) is 5.35. The fourth-order valence-corrected chi connectivity index (χ4v) is 4.47. The maximum absolute atomic E-state index is 12.0. The van der Waals surface area contributed by atoms with E-state index < -0.39 is 9.84 Å². The number of carbonyl (C=O) groups is 1. The number of nitrogens with zero attached hydrogens (tertiary/aromatic N) is 1. The van der Waals surface area contributed by atoms with Crippen molar-refractivity contribution in [1.82, 2.24) is 9.88 Å². The predicted molar refractivity (Wildman–Crippen MR) is 82.1 cm³/mol. The third-order valence-corrected chi connectivity index (χ3v) is 5.65. The Morgan fingerprint density at radius 1 is 1.38 bits per heavy atom. The van der Waals surface area contributed by atoms with Gasteiger partial charge in [-0.05, 0) is 30.0 Å². The molecule has 1 aromatic carbocycles. The molecule has 0 bridgehead atoms. The normalized spacial score (nSPS) is 20.7. The number of aromatic nitrogens is 1. The summed E-state index contributed by atoms with van der Waals surface area (Å²) in [7, 11) is -2.98. The lowest BCUT2D eigenvalue weighted by atomic mass is 10.2. The first-order chi connectivity index (χ1) is 9.93. The zero-order valence-corrected chi connectivity index (χ0v) is 12.8. The Morgan fingerprint density at radius 3 is 2.90 bits per heavy atom. The fourth-order valence-electron chi connectivity index (χ4n) is 2.63. The molecule has 0 aliphatic carbocycles. The SMILES string of the molecule is O=C(Cn1ccc2ccc(Cl)cc21)N[C@H]1CCS(=O)(=O)C1. The molecule has 0 saturated carbocycles. The fraction of sp³-hybridized carbons (Fsp3) is 0.357. The lowest BCUT2D eigenvalue weighted by Crippen LogP contribution is -2.37. The van der Waals surface area contributed by atoms with Gasteiger partial charge in [0.25, 0.3) is 0 Å². The molecule has 1 fully saturated rings. The van der Waals surface area contributed by atoms with Crippen LogP contribution in [0.2, 0.25) is 5.02 Å². The van der Waals surface area contributed by atoms with Crippen molar-refractivity contribution < 1.29 is 13.2 Å². The van der Waals surface area contributed by atoms with Gasteiger partial charge in [-0.2, -0.15) is 0 Å². The van der Waals surface area contributed by atoms with E-state index in [4.69, 9.17) is 11.6 Å². The quantitative estimate of drug-likeness (QED) is 0.931. The molecule has 1 saturated heterocycles. The summed E-state index contributed by atoms with van der Waals surface area (Å²) in [6, 6.07) is 7.16. The van der Waals surface area contributed by atoms with Gasteiger partial charge in [0, 0.05) is 22.8 Å². The molecule has 0 spiro atoms. The summed E-state index contributed by atoms with van der Waals surface area (Å²) in [5.74, 6) is 0.00589. The molecule has 112 valence electrons. The minimum Gasteiger partial charge on any atom is -0.351 e. The van der Waals surface area contributed by atoms with Crippen molar-refractivity contribution in [2.24, 2.45) is 0 Å². The molecule has 1 atom stereocenters. The van der Waals surface area contributed by atoms with Gasteiger partial charge in [0.2, 0.25) is 5.91 Å². The smallest absolute Gasteiger partial charge is 0.240 e. The van der Waals surface area contributed by atoms with Gasteiger partial charge in [-0.15, -0.1) is 0 Å². The number of benzene rings is 1. The molecule has 0 unspecified atom stereocenters. The van der Waals surface area contributed by atoms with Crippen LogP contribution in [0.4, 0.5) is 0 Å². The molecule has 2 aromatic rings. The number of nitrogens with one attached hydrogen (secondary N) is 1. The van der Waals surface area contributed by atoms with Gasteiger partial charge < -0.3 is 9.88 Å². The van der Waals surface area contributed by atoms with Crippen LogP contribution in [-0.2, 0) is 21.2 Å². The molecule has 3 rings (SSSR count). The minimum atomic E-state index is -2.98. The molecular formula is C14H15ClN2O3S. The molecule has 1 aliphatic rings. The van der Waals surface area contributed by atoms with Gasteiger partial charge in [-0.3, -0.25) is 4.79 Å². The first-order valence-electron chi connectivity index (χ1n) is 6.67. The summed E-state index contributed by atoms with van der Waals surface area (Å²) in [6.07, 6.45) is 2.32. The first kappa shape index (κ1) is 14.4. The van der Waals surface area contributed by atoms with E-state index in [1.54, 1.807) is 10.6 Å². The number of sulfone groups is 1. The lowest BCUT2D eigenvalue weighted by Gasteiger charge is -2.12. The van der Waals surface area contributed by atoms with Crippen LogP contribution in [0.3, 0.4) is 0 Å². The highest BCUT2D eigenvalue weighted by molar-refractivity contribution is 7.91. The van der Waals surface area contributed by atoms with Crippen LogP contribution in [0.25, 0.3) is 10.9 Å². The van der Waals surface area contributed by atoms with E-state index in [-0.39, 0.29) is 30.0 Å². The number of amides is 1. The third kappa shape index (κ3) is 3.22. The van der Waals surface area contributed by atoms with Gasteiger partial charge in [-0.1, -0.05) is 17.7 Å². The van der Waals surface area contributed by atoms with Crippen LogP contribution in [0, 0.1) is 0 Å². The minimum absolute atomic E-state index is 0.0387. The topological polar surface area (TPSA) is 68.2 Å². The molecule has 1 aromatic heterocycles. The molecule has 21 heavy (non-hydrogen) atoms.